The molecule has 3 N–H and O–H groups in total. The molecule has 0 aromatic heterocycles. The van der Waals surface area contributed by atoms with E-state index in [2.05, 4.69) is 57.3 Å². The highest BCUT2D eigenvalue weighted by Crippen LogP contribution is 2.68. The lowest BCUT2D eigenvalue weighted by molar-refractivity contribution is -0.118. The molecule has 0 spiro atoms. The SMILES string of the molecule is CC1CC(C)(C(=S)NC2CCC(N)CC2)C[C@]2(C3C=CC=CC3C)C[C@@](C)(C1)C2. The van der Waals surface area contributed by atoms with E-state index in [1.807, 2.05) is 0 Å². The smallest absolute Gasteiger partial charge is 0.0815 e. The molecule has 0 aromatic rings. The molecule has 2 bridgehead atoms. The summed E-state index contributed by atoms with van der Waals surface area (Å²) in [5.41, 5.74) is 7.17. The van der Waals surface area contributed by atoms with Crippen LogP contribution in [0.5, 0.6) is 0 Å². The van der Waals surface area contributed by atoms with Crippen molar-refractivity contribution in [3.8, 4) is 0 Å². The molecule has 4 atom stereocenters. The van der Waals surface area contributed by atoms with Crippen molar-refractivity contribution < 1.29 is 0 Å². The highest BCUT2D eigenvalue weighted by molar-refractivity contribution is 7.80. The van der Waals surface area contributed by atoms with Crippen LogP contribution in [0.1, 0.15) is 85.5 Å². The van der Waals surface area contributed by atoms with Crippen molar-refractivity contribution in [1.29, 1.82) is 0 Å². The van der Waals surface area contributed by atoms with Gasteiger partial charge in [0, 0.05) is 17.5 Å². The van der Waals surface area contributed by atoms with Crippen molar-refractivity contribution in [2.75, 3.05) is 0 Å². The predicted molar refractivity (Wildman–Crippen MR) is 128 cm³/mol. The predicted octanol–water partition coefficient (Wildman–Crippen LogP) is 6.16. The summed E-state index contributed by atoms with van der Waals surface area (Å²) in [6.45, 7) is 9.89. The monoisotopic (exact) mass is 414 g/mol. The Bertz CT molecular complexity index is 681. The van der Waals surface area contributed by atoms with Crippen LogP contribution >= 0.6 is 12.2 Å². The van der Waals surface area contributed by atoms with Crippen molar-refractivity contribution >= 4 is 17.2 Å². The quantitative estimate of drug-likeness (QED) is 0.543. The summed E-state index contributed by atoms with van der Waals surface area (Å²) in [6.07, 6.45) is 20.6. The van der Waals surface area contributed by atoms with Gasteiger partial charge in [-0.3, -0.25) is 0 Å². The molecule has 0 aromatic carbocycles. The molecule has 4 saturated carbocycles. The van der Waals surface area contributed by atoms with Crippen molar-refractivity contribution in [2.24, 2.45) is 39.7 Å². The van der Waals surface area contributed by atoms with Gasteiger partial charge in [-0.15, -0.1) is 0 Å². The van der Waals surface area contributed by atoms with Crippen LogP contribution < -0.4 is 11.1 Å². The Kier molecular flexibility index (Phi) is 5.79. The maximum absolute atomic E-state index is 6.16. The highest BCUT2D eigenvalue weighted by Gasteiger charge is 2.60. The minimum absolute atomic E-state index is 0.102. The van der Waals surface area contributed by atoms with Gasteiger partial charge in [0.2, 0.25) is 0 Å². The van der Waals surface area contributed by atoms with Gasteiger partial charge in [0.15, 0.2) is 0 Å². The van der Waals surface area contributed by atoms with E-state index in [9.17, 15) is 0 Å². The molecule has 0 aliphatic heterocycles. The summed E-state index contributed by atoms with van der Waals surface area (Å²) >= 11 is 6.16. The Hall–Kier alpha value is -0.670. The summed E-state index contributed by atoms with van der Waals surface area (Å²) in [5, 5.41) is 3.84. The normalized spacial score (nSPS) is 49.6. The van der Waals surface area contributed by atoms with Crippen LogP contribution in [0.25, 0.3) is 0 Å². The van der Waals surface area contributed by atoms with Crippen LogP contribution in [-0.4, -0.2) is 17.1 Å². The molecule has 162 valence electrons. The van der Waals surface area contributed by atoms with Crippen molar-refractivity contribution in [1.82, 2.24) is 5.32 Å². The molecular weight excluding hydrogens is 372 g/mol. The Balaban J connectivity index is 1.55. The summed E-state index contributed by atoms with van der Waals surface area (Å²) < 4.78 is 0. The molecule has 5 aliphatic carbocycles. The zero-order valence-electron chi connectivity index (χ0n) is 19.0. The zero-order chi connectivity index (χ0) is 20.9. The number of nitrogens with two attached hydrogens (primary N) is 1. The summed E-state index contributed by atoms with van der Waals surface area (Å²) in [4.78, 5) is 1.14. The van der Waals surface area contributed by atoms with Gasteiger partial charge >= 0.3 is 0 Å². The van der Waals surface area contributed by atoms with Crippen LogP contribution in [0, 0.1) is 34.0 Å². The molecule has 0 saturated heterocycles. The van der Waals surface area contributed by atoms with Gasteiger partial charge in [0.25, 0.3) is 0 Å². The first-order chi connectivity index (χ1) is 13.6. The van der Waals surface area contributed by atoms with E-state index in [-0.39, 0.29) is 5.41 Å². The van der Waals surface area contributed by atoms with Gasteiger partial charge in [-0.1, -0.05) is 64.2 Å². The van der Waals surface area contributed by atoms with Crippen molar-refractivity contribution in [2.45, 2.75) is 97.6 Å². The van der Waals surface area contributed by atoms with Gasteiger partial charge < -0.3 is 11.1 Å². The Labute approximate surface area is 184 Å². The first-order valence-corrected chi connectivity index (χ1v) is 12.5. The molecule has 4 fully saturated rings. The molecule has 5 rings (SSSR count). The average molecular weight is 415 g/mol. The molecule has 3 heteroatoms. The Morgan fingerprint density at radius 1 is 0.966 bits per heavy atom. The van der Waals surface area contributed by atoms with E-state index in [1.54, 1.807) is 0 Å². The fraction of sp³-hybridized carbons (Fsp3) is 0.808. The van der Waals surface area contributed by atoms with Gasteiger partial charge in [-0.25, -0.2) is 0 Å². The zero-order valence-corrected chi connectivity index (χ0v) is 19.9. The van der Waals surface area contributed by atoms with Crippen LogP contribution in [0.2, 0.25) is 0 Å². The molecular formula is C26H42N2S. The van der Waals surface area contributed by atoms with E-state index in [0.717, 1.165) is 23.7 Å². The number of hydrogen-bond donors (Lipinski definition) is 2. The third-order valence-electron chi connectivity index (χ3n) is 8.71. The molecule has 29 heavy (non-hydrogen) atoms. The summed E-state index contributed by atoms with van der Waals surface area (Å²) in [5.74, 6) is 2.03. The summed E-state index contributed by atoms with van der Waals surface area (Å²) in [6, 6.07) is 0.918. The second-order valence-corrected chi connectivity index (χ2v) is 12.4. The van der Waals surface area contributed by atoms with E-state index in [0.29, 0.717) is 34.7 Å². The topological polar surface area (TPSA) is 38.0 Å². The van der Waals surface area contributed by atoms with E-state index >= 15 is 0 Å². The van der Waals surface area contributed by atoms with Crippen LogP contribution in [0.3, 0.4) is 0 Å². The molecule has 2 nitrogen and oxygen atoms in total. The standard InChI is InChI=1S/C26H42N2S/c1-18-13-24(3)15-26(16-24,22-8-6-5-7-19(22)2)17-25(4,14-18)23(29)28-21-11-9-20(27)10-12-21/h5-8,18-22H,9-17,27H2,1-4H3,(H,28,29)/t18?,19?,20?,21?,22?,24-,25?,26+. The van der Waals surface area contributed by atoms with E-state index < -0.39 is 0 Å². The third kappa shape index (κ3) is 4.24. The second-order valence-electron chi connectivity index (χ2n) is 12.0. The molecule has 0 amide bonds. The Morgan fingerprint density at radius 2 is 1.62 bits per heavy atom. The first-order valence-electron chi connectivity index (χ1n) is 12.0. The molecule has 4 unspecified atom stereocenters. The fourth-order valence-corrected chi connectivity index (χ4v) is 8.40. The van der Waals surface area contributed by atoms with Gasteiger partial charge in [0.05, 0.1) is 4.99 Å². The first kappa shape index (κ1) is 21.6. The molecule has 0 radical (unpaired) electrons. The molecule has 0 heterocycles. The van der Waals surface area contributed by atoms with E-state index in [1.165, 1.54) is 44.9 Å². The lowest BCUT2D eigenvalue weighted by Gasteiger charge is -2.64. The fourth-order valence-electron chi connectivity index (χ4n) is 8.08. The van der Waals surface area contributed by atoms with Gasteiger partial charge in [0.1, 0.15) is 0 Å². The summed E-state index contributed by atoms with van der Waals surface area (Å²) in [7, 11) is 0. The number of nitrogens with one attached hydrogen (secondary N) is 1. The van der Waals surface area contributed by atoms with Gasteiger partial charge in [-0.2, -0.15) is 0 Å². The Morgan fingerprint density at radius 3 is 2.28 bits per heavy atom. The van der Waals surface area contributed by atoms with Crippen LogP contribution in [0.15, 0.2) is 24.3 Å². The number of fused-ring (bicyclic) bond motifs is 4. The van der Waals surface area contributed by atoms with Crippen molar-refractivity contribution in [3.05, 3.63) is 24.3 Å². The maximum atomic E-state index is 6.16. The lowest BCUT2D eigenvalue weighted by atomic mass is 9.41. The second kappa shape index (κ2) is 7.79. The number of rotatable bonds is 3. The number of allylic oxidation sites excluding steroid dienone is 4. The van der Waals surface area contributed by atoms with Gasteiger partial charge in [-0.05, 0) is 86.4 Å². The van der Waals surface area contributed by atoms with E-state index in [4.69, 9.17) is 18.0 Å². The largest absolute Gasteiger partial charge is 0.376 e. The maximum Gasteiger partial charge on any atom is 0.0815 e. The lowest BCUT2D eigenvalue weighted by Crippen LogP contribution is -2.57. The number of hydrogen-bond acceptors (Lipinski definition) is 2. The van der Waals surface area contributed by atoms with Crippen molar-refractivity contribution in [3.63, 3.8) is 0 Å². The average Bonchev–Trinajstić information content (AvgIpc) is 2.61. The number of thiocarbonyl (C=S) groups is 1. The van der Waals surface area contributed by atoms with Crippen LogP contribution in [-0.2, 0) is 0 Å². The molecule has 5 aliphatic rings. The van der Waals surface area contributed by atoms with Crippen LogP contribution in [0.4, 0.5) is 0 Å². The minimum Gasteiger partial charge on any atom is -0.376 e. The minimum atomic E-state index is 0.102. The third-order valence-corrected chi connectivity index (χ3v) is 9.32. The highest BCUT2D eigenvalue weighted by atomic mass is 32.1.